The average molecular weight is 653 g/mol. The van der Waals surface area contributed by atoms with Crippen LogP contribution in [-0.2, 0) is 23.9 Å². The van der Waals surface area contributed by atoms with E-state index in [0.29, 0.717) is 21.3 Å². The molecule has 15 heteroatoms. The Balaban J connectivity index is 1.29. The summed E-state index contributed by atoms with van der Waals surface area (Å²) in [5.74, 6) is -4.98. The van der Waals surface area contributed by atoms with Crippen molar-refractivity contribution < 1.29 is 38.2 Å². The Morgan fingerprint density at radius 1 is 0.643 bits per heavy atom. The Kier molecular flexibility index (Phi) is 9.69. The first kappa shape index (κ1) is 30.8. The highest BCUT2D eigenvalue weighted by molar-refractivity contribution is 6.42. The van der Waals surface area contributed by atoms with E-state index in [0.717, 1.165) is 6.07 Å². The van der Waals surface area contributed by atoms with Gasteiger partial charge in [0, 0.05) is 11.4 Å². The second-order valence-corrected chi connectivity index (χ2v) is 10.2. The summed E-state index contributed by atoms with van der Waals surface area (Å²) in [6, 6.07) is 12.3. The van der Waals surface area contributed by atoms with Crippen LogP contribution in [0.1, 0.15) is 31.1 Å². The lowest BCUT2D eigenvalue weighted by Crippen LogP contribution is -2.36. The average Bonchev–Trinajstić information content (AvgIpc) is 3.18. The Morgan fingerprint density at radius 2 is 1.17 bits per heavy atom. The quantitative estimate of drug-likeness (QED) is 0.246. The first-order valence-corrected chi connectivity index (χ1v) is 13.3. The van der Waals surface area contributed by atoms with Gasteiger partial charge in [-0.25, -0.2) is 4.79 Å². The lowest BCUT2D eigenvalue weighted by Gasteiger charge is -2.13. The standard InChI is InChI=1S/C27H17Cl4N3O8/c28-18-5-2-14(8-20(18)30)32-22(35)11-41-24(37)10-34-25(38)16-4-1-13(7-17(16)26(34)39)27(40)42-12-23(36)33-15-3-6-19(29)21(31)9-15/h1-9H,10-12H2,(H,32,35)(H,33,36). The Bertz CT molecular complexity index is 1650. The van der Waals surface area contributed by atoms with Crippen molar-refractivity contribution in [2.24, 2.45) is 0 Å². The number of ether oxygens (including phenoxy) is 2. The topological polar surface area (TPSA) is 148 Å². The van der Waals surface area contributed by atoms with Gasteiger partial charge in [-0.1, -0.05) is 46.4 Å². The van der Waals surface area contributed by atoms with Gasteiger partial charge in [0.2, 0.25) is 0 Å². The number of esters is 2. The molecule has 0 bridgehead atoms. The molecule has 0 aliphatic carbocycles. The highest BCUT2D eigenvalue weighted by atomic mass is 35.5. The number of nitrogens with zero attached hydrogens (tertiary/aromatic N) is 1. The number of hydrogen-bond acceptors (Lipinski definition) is 8. The van der Waals surface area contributed by atoms with Gasteiger partial charge >= 0.3 is 11.9 Å². The third kappa shape index (κ3) is 7.37. The number of fused-ring (bicyclic) bond motifs is 1. The summed E-state index contributed by atoms with van der Waals surface area (Å²) in [6.45, 7) is -2.13. The van der Waals surface area contributed by atoms with Crippen molar-refractivity contribution in [1.82, 2.24) is 4.90 Å². The molecule has 1 heterocycles. The zero-order valence-electron chi connectivity index (χ0n) is 21.0. The molecule has 0 fully saturated rings. The van der Waals surface area contributed by atoms with Crippen molar-refractivity contribution in [3.63, 3.8) is 0 Å². The molecule has 0 aromatic heterocycles. The molecule has 0 radical (unpaired) electrons. The maximum Gasteiger partial charge on any atom is 0.338 e. The molecule has 3 aromatic rings. The normalized spacial score (nSPS) is 12.0. The van der Waals surface area contributed by atoms with Crippen LogP contribution in [0.15, 0.2) is 54.6 Å². The molecule has 11 nitrogen and oxygen atoms in total. The van der Waals surface area contributed by atoms with Gasteiger partial charge in [-0.3, -0.25) is 28.9 Å². The molecule has 0 saturated heterocycles. The highest BCUT2D eigenvalue weighted by Crippen LogP contribution is 2.27. The number of amides is 4. The van der Waals surface area contributed by atoms with E-state index >= 15 is 0 Å². The number of halogens is 4. The zero-order valence-corrected chi connectivity index (χ0v) is 24.1. The van der Waals surface area contributed by atoms with Crippen LogP contribution in [0.25, 0.3) is 0 Å². The molecule has 216 valence electrons. The van der Waals surface area contributed by atoms with Crippen molar-refractivity contribution in [2.75, 3.05) is 30.4 Å². The SMILES string of the molecule is O=C(COC(=O)CN1C(=O)c2ccc(C(=O)OCC(=O)Nc3ccc(Cl)c(Cl)c3)cc2C1=O)Nc1ccc(Cl)c(Cl)c1. The summed E-state index contributed by atoms with van der Waals surface area (Å²) in [6.07, 6.45) is 0. The fourth-order valence-corrected chi connectivity index (χ4v) is 4.23. The summed E-state index contributed by atoms with van der Waals surface area (Å²) in [5.41, 5.74) is 0.324. The summed E-state index contributed by atoms with van der Waals surface area (Å²) in [4.78, 5) is 75.1. The van der Waals surface area contributed by atoms with E-state index in [1.54, 1.807) is 0 Å². The maximum absolute atomic E-state index is 12.8. The van der Waals surface area contributed by atoms with Gasteiger partial charge in [0.15, 0.2) is 13.2 Å². The summed E-state index contributed by atoms with van der Waals surface area (Å²) < 4.78 is 9.87. The number of benzene rings is 3. The number of imide groups is 1. The molecule has 3 aromatic carbocycles. The van der Waals surface area contributed by atoms with E-state index in [4.69, 9.17) is 55.9 Å². The third-order valence-electron chi connectivity index (χ3n) is 5.60. The lowest BCUT2D eigenvalue weighted by atomic mass is 10.1. The fraction of sp³-hybridized carbons (Fsp3) is 0.111. The van der Waals surface area contributed by atoms with E-state index in [-0.39, 0.29) is 31.8 Å². The van der Waals surface area contributed by atoms with Gasteiger partial charge in [-0.15, -0.1) is 0 Å². The van der Waals surface area contributed by atoms with Crippen molar-refractivity contribution >= 4 is 93.3 Å². The highest BCUT2D eigenvalue weighted by Gasteiger charge is 2.37. The van der Waals surface area contributed by atoms with E-state index < -0.39 is 55.3 Å². The van der Waals surface area contributed by atoms with Crippen molar-refractivity contribution in [2.45, 2.75) is 0 Å². The van der Waals surface area contributed by atoms with Crippen LogP contribution >= 0.6 is 46.4 Å². The van der Waals surface area contributed by atoms with Crippen LogP contribution in [0.4, 0.5) is 11.4 Å². The van der Waals surface area contributed by atoms with Gasteiger partial charge in [-0.05, 0) is 54.6 Å². The van der Waals surface area contributed by atoms with E-state index in [1.165, 1.54) is 48.5 Å². The number of nitrogens with one attached hydrogen (secondary N) is 2. The van der Waals surface area contributed by atoms with Gasteiger partial charge in [0.05, 0.1) is 36.8 Å². The van der Waals surface area contributed by atoms with E-state index in [9.17, 15) is 28.8 Å². The van der Waals surface area contributed by atoms with Crippen molar-refractivity contribution in [3.8, 4) is 0 Å². The lowest BCUT2D eigenvalue weighted by molar-refractivity contribution is -0.147. The van der Waals surface area contributed by atoms with Gasteiger partial charge in [0.25, 0.3) is 23.6 Å². The minimum atomic E-state index is -1.03. The molecule has 1 aliphatic heterocycles. The second kappa shape index (κ2) is 13.2. The molecule has 2 N–H and O–H groups in total. The van der Waals surface area contributed by atoms with Crippen molar-refractivity contribution in [3.05, 3.63) is 91.4 Å². The molecule has 4 amide bonds. The minimum absolute atomic E-state index is 0.0564. The summed E-state index contributed by atoms with van der Waals surface area (Å²) in [7, 11) is 0. The zero-order chi connectivity index (χ0) is 30.6. The van der Waals surface area contributed by atoms with E-state index in [2.05, 4.69) is 10.6 Å². The van der Waals surface area contributed by atoms with Crippen LogP contribution in [0.2, 0.25) is 20.1 Å². The minimum Gasteiger partial charge on any atom is -0.454 e. The monoisotopic (exact) mass is 651 g/mol. The van der Waals surface area contributed by atoms with Gasteiger partial charge in [-0.2, -0.15) is 0 Å². The number of anilines is 2. The maximum atomic E-state index is 12.8. The van der Waals surface area contributed by atoms with Crippen LogP contribution in [0, 0.1) is 0 Å². The Labute approximate surface area is 257 Å². The molecule has 42 heavy (non-hydrogen) atoms. The molecule has 4 rings (SSSR count). The van der Waals surface area contributed by atoms with Crippen LogP contribution in [-0.4, -0.2) is 60.2 Å². The predicted octanol–water partition coefficient (Wildman–Crippen LogP) is 4.87. The second-order valence-electron chi connectivity index (χ2n) is 8.55. The van der Waals surface area contributed by atoms with Gasteiger partial charge in [0.1, 0.15) is 6.54 Å². The summed E-state index contributed by atoms with van der Waals surface area (Å²) >= 11 is 23.4. The number of hydrogen-bond donors (Lipinski definition) is 2. The van der Waals surface area contributed by atoms with Gasteiger partial charge < -0.3 is 20.1 Å². The molecule has 1 aliphatic rings. The number of carbonyl (C=O) groups excluding carboxylic acids is 6. The third-order valence-corrected chi connectivity index (χ3v) is 7.08. The van der Waals surface area contributed by atoms with Crippen LogP contribution in [0.5, 0.6) is 0 Å². The van der Waals surface area contributed by atoms with Crippen LogP contribution < -0.4 is 10.6 Å². The van der Waals surface area contributed by atoms with Crippen LogP contribution in [0.3, 0.4) is 0 Å². The number of rotatable bonds is 9. The number of carbonyl (C=O) groups is 6. The smallest absolute Gasteiger partial charge is 0.338 e. The Hall–Kier alpha value is -4.16. The van der Waals surface area contributed by atoms with E-state index in [1.807, 2.05) is 0 Å². The molecule has 0 atom stereocenters. The first-order chi connectivity index (χ1) is 19.9. The largest absolute Gasteiger partial charge is 0.454 e. The summed E-state index contributed by atoms with van der Waals surface area (Å²) in [5, 5.41) is 5.95. The predicted molar refractivity (Wildman–Crippen MR) is 153 cm³/mol. The molecule has 0 saturated carbocycles. The Morgan fingerprint density at radius 3 is 1.71 bits per heavy atom. The molecular weight excluding hydrogens is 636 g/mol. The first-order valence-electron chi connectivity index (χ1n) is 11.8. The van der Waals surface area contributed by atoms with Crippen molar-refractivity contribution in [1.29, 1.82) is 0 Å². The molecule has 0 spiro atoms. The fourth-order valence-electron chi connectivity index (χ4n) is 3.64. The molecular formula is C27H17Cl4N3O8. The molecule has 0 unspecified atom stereocenters.